The Morgan fingerprint density at radius 1 is 1.20 bits per heavy atom. The zero-order chi connectivity index (χ0) is 15.9. The van der Waals surface area contributed by atoms with Gasteiger partial charge < -0.3 is 10.4 Å². The summed E-state index contributed by atoms with van der Waals surface area (Å²) in [5.41, 5.74) is 0. The van der Waals surface area contributed by atoms with Gasteiger partial charge >= 0.3 is 18.2 Å². The van der Waals surface area contributed by atoms with E-state index in [0.29, 0.717) is 4.90 Å². The van der Waals surface area contributed by atoms with Gasteiger partial charge in [0.15, 0.2) is 0 Å². The maximum atomic E-state index is 12.2. The molecule has 0 fully saturated rings. The second-order valence-electron chi connectivity index (χ2n) is 4.33. The van der Waals surface area contributed by atoms with Crippen molar-refractivity contribution in [3.63, 3.8) is 0 Å². The molecule has 0 aliphatic heterocycles. The lowest BCUT2D eigenvalue weighted by Crippen LogP contribution is -2.48. The molecule has 0 spiro atoms. The van der Waals surface area contributed by atoms with Crippen LogP contribution in [-0.2, 0) is 9.59 Å². The number of nitrogens with zero attached hydrogens (tertiary/aromatic N) is 1. The summed E-state index contributed by atoms with van der Waals surface area (Å²) in [6.45, 7) is -0.108. The quantitative estimate of drug-likeness (QED) is 0.649. The minimum atomic E-state index is -4.64. The van der Waals surface area contributed by atoms with Gasteiger partial charge in [0.1, 0.15) is 0 Å². The average Bonchev–Trinajstić information content (AvgIpc) is 2.09. The highest BCUT2D eigenvalue weighted by Crippen LogP contribution is 2.16. The number of amides is 3. The molecule has 10 heteroatoms. The van der Waals surface area contributed by atoms with Gasteiger partial charge in [0.05, 0.1) is 19.6 Å². The van der Waals surface area contributed by atoms with E-state index in [1.165, 1.54) is 0 Å². The summed E-state index contributed by atoms with van der Waals surface area (Å²) in [5, 5.41) is 12.6. The van der Waals surface area contributed by atoms with Crippen LogP contribution in [0.1, 0.15) is 13.8 Å². The van der Waals surface area contributed by atoms with E-state index in [4.69, 9.17) is 5.11 Å². The van der Waals surface area contributed by atoms with Crippen LogP contribution in [0.3, 0.4) is 0 Å². The topological polar surface area (TPSA) is 98.7 Å². The smallest absolute Gasteiger partial charge is 0.401 e. The molecular weight excluding hydrogens is 283 g/mol. The number of carbonyl (C=O) groups is 3. The van der Waals surface area contributed by atoms with Gasteiger partial charge in [-0.15, -0.1) is 0 Å². The molecule has 0 aromatic heterocycles. The molecule has 7 nitrogen and oxygen atoms in total. The van der Waals surface area contributed by atoms with Crippen molar-refractivity contribution in [1.29, 1.82) is 0 Å². The summed E-state index contributed by atoms with van der Waals surface area (Å²) in [6, 6.07) is -1.11. The molecule has 0 rings (SSSR count). The highest BCUT2D eigenvalue weighted by atomic mass is 19.4. The highest BCUT2D eigenvalue weighted by Gasteiger charge is 2.32. The average molecular weight is 299 g/mol. The fourth-order valence-corrected chi connectivity index (χ4v) is 1.28. The van der Waals surface area contributed by atoms with Crippen LogP contribution in [0.2, 0.25) is 0 Å². The molecule has 0 aliphatic carbocycles. The number of rotatable bonds is 6. The first-order valence-corrected chi connectivity index (χ1v) is 5.61. The third-order valence-corrected chi connectivity index (χ3v) is 1.80. The number of nitrogens with one attached hydrogen (secondary N) is 2. The monoisotopic (exact) mass is 299 g/mol. The molecule has 0 atom stereocenters. The second-order valence-corrected chi connectivity index (χ2v) is 4.33. The number of hydrogen-bond donors (Lipinski definition) is 3. The van der Waals surface area contributed by atoms with Crippen molar-refractivity contribution in [2.75, 3.05) is 19.6 Å². The Labute approximate surface area is 113 Å². The minimum absolute atomic E-state index is 0.256. The summed E-state index contributed by atoms with van der Waals surface area (Å²) >= 11 is 0. The standard InChI is InChI=1S/C10H16F3N3O4/c1-6(2)14-9(20)15-7(17)3-16(4-8(18)19)5-10(11,12)13/h6H,3-5H2,1-2H3,(H,18,19)(H2,14,15,17,20). The van der Waals surface area contributed by atoms with Gasteiger partial charge in [-0.3, -0.25) is 19.8 Å². The molecule has 3 amide bonds. The largest absolute Gasteiger partial charge is 0.480 e. The number of halogens is 3. The van der Waals surface area contributed by atoms with Crippen LogP contribution in [0.5, 0.6) is 0 Å². The molecule has 0 aliphatic rings. The predicted molar refractivity (Wildman–Crippen MR) is 61.9 cm³/mol. The van der Waals surface area contributed by atoms with E-state index in [9.17, 15) is 27.6 Å². The van der Waals surface area contributed by atoms with Gasteiger partial charge in [-0.2, -0.15) is 13.2 Å². The molecule has 3 N–H and O–H groups in total. The lowest BCUT2D eigenvalue weighted by Gasteiger charge is -2.21. The Hall–Kier alpha value is -1.84. The third-order valence-electron chi connectivity index (χ3n) is 1.80. The van der Waals surface area contributed by atoms with Crippen LogP contribution in [0, 0.1) is 0 Å². The maximum absolute atomic E-state index is 12.2. The zero-order valence-electron chi connectivity index (χ0n) is 11.0. The maximum Gasteiger partial charge on any atom is 0.401 e. The molecular formula is C10H16F3N3O4. The first-order valence-electron chi connectivity index (χ1n) is 5.61. The Morgan fingerprint density at radius 2 is 1.75 bits per heavy atom. The second kappa shape index (κ2) is 7.68. The first-order chi connectivity index (χ1) is 8.99. The van der Waals surface area contributed by atoms with Crippen LogP contribution in [-0.4, -0.2) is 59.8 Å². The Morgan fingerprint density at radius 3 is 2.15 bits per heavy atom. The number of carboxylic acid groups (broad SMARTS) is 1. The SMILES string of the molecule is CC(C)NC(=O)NC(=O)CN(CC(=O)O)CC(F)(F)F. The lowest BCUT2D eigenvalue weighted by atomic mass is 10.4. The number of alkyl halides is 3. The molecule has 116 valence electrons. The number of carboxylic acids is 1. The van der Waals surface area contributed by atoms with Crippen molar-refractivity contribution in [2.45, 2.75) is 26.1 Å². The van der Waals surface area contributed by atoms with Crippen LogP contribution in [0.25, 0.3) is 0 Å². The number of imide groups is 1. The van der Waals surface area contributed by atoms with Crippen molar-refractivity contribution < 1.29 is 32.7 Å². The van der Waals surface area contributed by atoms with Crippen molar-refractivity contribution in [1.82, 2.24) is 15.5 Å². The molecule has 0 aromatic carbocycles. The van der Waals surface area contributed by atoms with Crippen LogP contribution in [0.4, 0.5) is 18.0 Å². The van der Waals surface area contributed by atoms with Gasteiger partial charge in [0.25, 0.3) is 0 Å². The highest BCUT2D eigenvalue weighted by molar-refractivity contribution is 5.95. The molecule has 0 bridgehead atoms. The molecule has 0 aromatic rings. The van der Waals surface area contributed by atoms with Crippen LogP contribution < -0.4 is 10.6 Å². The molecule has 0 saturated heterocycles. The van der Waals surface area contributed by atoms with Crippen LogP contribution >= 0.6 is 0 Å². The number of urea groups is 1. The third kappa shape index (κ3) is 10.1. The molecule has 0 heterocycles. The minimum Gasteiger partial charge on any atom is -0.480 e. The zero-order valence-corrected chi connectivity index (χ0v) is 11.0. The Bertz CT molecular complexity index is 371. The number of aliphatic carboxylic acids is 1. The van der Waals surface area contributed by atoms with Crippen molar-refractivity contribution in [3.05, 3.63) is 0 Å². The first kappa shape index (κ1) is 18.2. The predicted octanol–water partition coefficient (Wildman–Crippen LogP) is 0.170. The van der Waals surface area contributed by atoms with Gasteiger partial charge in [-0.1, -0.05) is 0 Å². The molecule has 0 radical (unpaired) electrons. The van der Waals surface area contributed by atoms with Gasteiger partial charge in [-0.05, 0) is 13.8 Å². The lowest BCUT2D eigenvalue weighted by molar-refractivity contribution is -0.155. The fraction of sp³-hybridized carbons (Fsp3) is 0.700. The van der Waals surface area contributed by atoms with E-state index in [1.54, 1.807) is 13.8 Å². The summed E-state index contributed by atoms with van der Waals surface area (Å²) in [5.74, 6) is -2.53. The summed E-state index contributed by atoms with van der Waals surface area (Å²) in [7, 11) is 0. The van der Waals surface area contributed by atoms with E-state index in [0.717, 1.165) is 0 Å². The molecule has 0 saturated carbocycles. The van der Waals surface area contributed by atoms with E-state index >= 15 is 0 Å². The van der Waals surface area contributed by atoms with Gasteiger partial charge in [-0.25, -0.2) is 4.79 Å². The van der Waals surface area contributed by atoms with E-state index < -0.39 is 43.7 Å². The van der Waals surface area contributed by atoms with E-state index in [1.807, 2.05) is 5.32 Å². The van der Waals surface area contributed by atoms with Gasteiger partial charge in [0.2, 0.25) is 5.91 Å². The summed E-state index contributed by atoms with van der Waals surface area (Å²) in [4.78, 5) is 33.3. The van der Waals surface area contributed by atoms with E-state index in [-0.39, 0.29) is 6.04 Å². The van der Waals surface area contributed by atoms with Crippen molar-refractivity contribution >= 4 is 17.9 Å². The number of carbonyl (C=O) groups excluding carboxylic acids is 2. The fourth-order valence-electron chi connectivity index (χ4n) is 1.28. The molecule has 20 heavy (non-hydrogen) atoms. The number of hydrogen-bond acceptors (Lipinski definition) is 4. The Balaban J connectivity index is 4.45. The Kier molecular flexibility index (Phi) is 6.97. The summed E-state index contributed by atoms with van der Waals surface area (Å²) in [6.07, 6.45) is -4.64. The van der Waals surface area contributed by atoms with Crippen molar-refractivity contribution in [3.8, 4) is 0 Å². The van der Waals surface area contributed by atoms with Gasteiger partial charge in [0, 0.05) is 6.04 Å². The van der Waals surface area contributed by atoms with E-state index in [2.05, 4.69) is 5.32 Å². The van der Waals surface area contributed by atoms with Crippen molar-refractivity contribution in [2.24, 2.45) is 0 Å². The summed E-state index contributed by atoms with van der Waals surface area (Å²) < 4.78 is 36.6. The van der Waals surface area contributed by atoms with Crippen LogP contribution in [0.15, 0.2) is 0 Å². The normalized spacial score (nSPS) is 11.6. The molecule has 0 unspecified atom stereocenters.